The summed E-state index contributed by atoms with van der Waals surface area (Å²) in [5.41, 5.74) is 0. The lowest BCUT2D eigenvalue weighted by Gasteiger charge is -1.86. The molecule has 0 aliphatic rings. The van der Waals surface area contributed by atoms with Crippen molar-refractivity contribution in [3.8, 4) is 0 Å². The molecule has 8 heavy (non-hydrogen) atoms. The van der Waals surface area contributed by atoms with Gasteiger partial charge in [-0.3, -0.25) is 0 Å². The molecule has 46 valence electrons. The van der Waals surface area contributed by atoms with Crippen molar-refractivity contribution >= 4 is 5.97 Å². The summed E-state index contributed by atoms with van der Waals surface area (Å²) in [6.07, 6.45) is 2.46. The number of carboxylic acids is 1. The Hall–Kier alpha value is -0.990. The van der Waals surface area contributed by atoms with Crippen molar-refractivity contribution in [3.63, 3.8) is 0 Å². The van der Waals surface area contributed by atoms with Crippen molar-refractivity contribution in [2.75, 3.05) is 6.54 Å². The molecular weight excluding hydrogens is 106 g/mol. The predicted molar refractivity (Wildman–Crippen MR) is 30.5 cm³/mol. The Morgan fingerprint density at radius 1 is 1.88 bits per heavy atom. The zero-order chi connectivity index (χ0) is 6.41. The van der Waals surface area contributed by atoms with Gasteiger partial charge in [0.25, 0.3) is 0 Å². The molecule has 0 aliphatic heterocycles. The lowest BCUT2D eigenvalue weighted by molar-refractivity contribution is -0.131. The molecule has 0 heterocycles. The Labute approximate surface area is 48.0 Å². The second-order valence-electron chi connectivity index (χ2n) is 1.23. The molecule has 3 heteroatoms. The van der Waals surface area contributed by atoms with Gasteiger partial charge in [-0.25, -0.2) is 4.79 Å². The maximum atomic E-state index is 9.75. The zero-order valence-electron chi connectivity index (χ0n) is 4.72. The molecule has 0 aromatic rings. The van der Waals surface area contributed by atoms with Crippen LogP contribution in [0.1, 0.15) is 6.92 Å². The van der Waals surface area contributed by atoms with Gasteiger partial charge in [0.2, 0.25) is 0 Å². The van der Waals surface area contributed by atoms with Crippen LogP contribution < -0.4 is 5.32 Å². The highest BCUT2D eigenvalue weighted by atomic mass is 16.4. The van der Waals surface area contributed by atoms with Crippen molar-refractivity contribution < 1.29 is 9.90 Å². The van der Waals surface area contributed by atoms with Crippen LogP contribution in [0.4, 0.5) is 0 Å². The van der Waals surface area contributed by atoms with Crippen molar-refractivity contribution in [3.05, 3.63) is 12.3 Å². The summed E-state index contributed by atoms with van der Waals surface area (Å²) < 4.78 is 0. The molecule has 0 rings (SSSR count). The molecule has 0 bridgehead atoms. The molecule has 0 saturated heterocycles. The summed E-state index contributed by atoms with van der Waals surface area (Å²) in [6.45, 7) is 2.65. The van der Waals surface area contributed by atoms with E-state index in [1.54, 1.807) is 0 Å². The number of carboxylic acid groups (broad SMARTS) is 1. The van der Waals surface area contributed by atoms with Crippen LogP contribution in [0.5, 0.6) is 0 Å². The fourth-order valence-corrected chi connectivity index (χ4v) is 0.248. The molecule has 0 aliphatic carbocycles. The Morgan fingerprint density at radius 2 is 2.50 bits per heavy atom. The van der Waals surface area contributed by atoms with E-state index in [0.717, 1.165) is 12.6 Å². The van der Waals surface area contributed by atoms with Crippen LogP contribution in [-0.2, 0) is 4.79 Å². The SMILES string of the molecule is CCN/C=C/C(=O)O. The Balaban J connectivity index is 3.20. The lowest BCUT2D eigenvalue weighted by atomic mass is 10.6. The fraction of sp³-hybridized carbons (Fsp3) is 0.400. The average Bonchev–Trinajstić information content (AvgIpc) is 1.66. The monoisotopic (exact) mass is 115 g/mol. The van der Waals surface area contributed by atoms with Crippen molar-refractivity contribution in [2.45, 2.75) is 6.92 Å². The third kappa shape index (κ3) is 5.01. The molecule has 2 N–H and O–H groups in total. The van der Waals surface area contributed by atoms with E-state index in [1.807, 2.05) is 6.92 Å². The van der Waals surface area contributed by atoms with E-state index < -0.39 is 5.97 Å². The van der Waals surface area contributed by atoms with Gasteiger partial charge in [0.1, 0.15) is 0 Å². The molecule has 0 unspecified atom stereocenters. The standard InChI is InChI=1S/C5H9NO2/c1-2-6-4-3-5(7)8/h3-4,6H,2H2,1H3,(H,7,8)/b4-3+. The van der Waals surface area contributed by atoms with Crippen LogP contribution in [0.3, 0.4) is 0 Å². The second kappa shape index (κ2) is 4.18. The Morgan fingerprint density at radius 3 is 2.88 bits per heavy atom. The van der Waals surface area contributed by atoms with E-state index in [2.05, 4.69) is 5.32 Å². The van der Waals surface area contributed by atoms with Gasteiger partial charge >= 0.3 is 5.97 Å². The van der Waals surface area contributed by atoms with E-state index in [9.17, 15) is 4.79 Å². The zero-order valence-corrected chi connectivity index (χ0v) is 4.72. The Bertz CT molecular complexity index is 98.6. The summed E-state index contributed by atoms with van der Waals surface area (Å²) in [7, 11) is 0. The number of aliphatic carboxylic acids is 1. The molecule has 0 amide bonds. The average molecular weight is 115 g/mol. The molecule has 0 atom stereocenters. The molecule has 0 fully saturated rings. The van der Waals surface area contributed by atoms with Gasteiger partial charge in [0.05, 0.1) is 0 Å². The van der Waals surface area contributed by atoms with Crippen LogP contribution in [0.15, 0.2) is 12.3 Å². The van der Waals surface area contributed by atoms with Gasteiger partial charge in [0.15, 0.2) is 0 Å². The first kappa shape index (κ1) is 7.01. The van der Waals surface area contributed by atoms with Crippen molar-refractivity contribution in [1.82, 2.24) is 5.32 Å². The van der Waals surface area contributed by atoms with Crippen molar-refractivity contribution in [2.24, 2.45) is 0 Å². The topological polar surface area (TPSA) is 49.3 Å². The molecular formula is C5H9NO2. The quantitative estimate of drug-likeness (QED) is 0.516. The number of carbonyl (C=O) groups is 1. The minimum atomic E-state index is -0.925. The number of rotatable bonds is 3. The highest BCUT2D eigenvalue weighted by molar-refractivity contribution is 5.79. The second-order valence-corrected chi connectivity index (χ2v) is 1.23. The van der Waals surface area contributed by atoms with Gasteiger partial charge < -0.3 is 10.4 Å². The maximum Gasteiger partial charge on any atom is 0.329 e. The fourth-order valence-electron chi connectivity index (χ4n) is 0.248. The molecule has 3 nitrogen and oxygen atoms in total. The minimum Gasteiger partial charge on any atom is -0.478 e. The molecule has 0 aromatic carbocycles. The largest absolute Gasteiger partial charge is 0.478 e. The van der Waals surface area contributed by atoms with Crippen LogP contribution in [-0.4, -0.2) is 17.6 Å². The van der Waals surface area contributed by atoms with Gasteiger partial charge in [-0.05, 0) is 6.92 Å². The number of hydrogen-bond acceptors (Lipinski definition) is 2. The first-order chi connectivity index (χ1) is 3.77. The first-order valence-corrected chi connectivity index (χ1v) is 2.40. The first-order valence-electron chi connectivity index (χ1n) is 2.40. The maximum absolute atomic E-state index is 9.75. The minimum absolute atomic E-state index is 0.754. The summed E-state index contributed by atoms with van der Waals surface area (Å²) in [6, 6.07) is 0. The summed E-state index contributed by atoms with van der Waals surface area (Å²) in [4.78, 5) is 9.75. The number of hydrogen-bond donors (Lipinski definition) is 2. The van der Waals surface area contributed by atoms with E-state index in [1.165, 1.54) is 6.20 Å². The van der Waals surface area contributed by atoms with Gasteiger partial charge in [-0.1, -0.05) is 0 Å². The molecule has 0 spiro atoms. The van der Waals surface area contributed by atoms with Crippen LogP contribution in [0.2, 0.25) is 0 Å². The third-order valence-electron chi connectivity index (χ3n) is 0.548. The molecule has 0 saturated carbocycles. The molecule has 0 radical (unpaired) electrons. The van der Waals surface area contributed by atoms with Crippen LogP contribution in [0, 0.1) is 0 Å². The van der Waals surface area contributed by atoms with Crippen LogP contribution in [0.25, 0.3) is 0 Å². The van der Waals surface area contributed by atoms with Gasteiger partial charge in [0, 0.05) is 18.8 Å². The van der Waals surface area contributed by atoms with E-state index in [0.29, 0.717) is 0 Å². The lowest BCUT2D eigenvalue weighted by Crippen LogP contribution is -2.03. The third-order valence-corrected chi connectivity index (χ3v) is 0.548. The summed E-state index contributed by atoms with van der Waals surface area (Å²) in [5.74, 6) is -0.925. The van der Waals surface area contributed by atoms with E-state index in [4.69, 9.17) is 5.11 Å². The summed E-state index contributed by atoms with van der Waals surface area (Å²) >= 11 is 0. The molecule has 0 aromatic heterocycles. The van der Waals surface area contributed by atoms with Crippen LogP contribution >= 0.6 is 0 Å². The van der Waals surface area contributed by atoms with Gasteiger partial charge in [-0.2, -0.15) is 0 Å². The Kier molecular flexibility index (Phi) is 3.66. The number of nitrogens with one attached hydrogen (secondary N) is 1. The van der Waals surface area contributed by atoms with Crippen molar-refractivity contribution in [1.29, 1.82) is 0 Å². The van der Waals surface area contributed by atoms with E-state index >= 15 is 0 Å². The highest BCUT2D eigenvalue weighted by Crippen LogP contribution is 1.65. The van der Waals surface area contributed by atoms with Gasteiger partial charge in [-0.15, -0.1) is 0 Å². The highest BCUT2D eigenvalue weighted by Gasteiger charge is 1.80. The summed E-state index contributed by atoms with van der Waals surface area (Å²) in [5, 5.41) is 10.7. The predicted octanol–water partition coefficient (Wildman–Crippen LogP) is 0.194. The normalized spacial score (nSPS) is 9.62. The smallest absolute Gasteiger partial charge is 0.329 e. The van der Waals surface area contributed by atoms with E-state index in [-0.39, 0.29) is 0 Å².